The lowest BCUT2D eigenvalue weighted by atomic mass is 10.2. The highest BCUT2D eigenvalue weighted by atomic mass is 16.5. The van der Waals surface area contributed by atoms with Crippen LogP contribution in [0.5, 0.6) is 11.5 Å². The van der Waals surface area contributed by atoms with Crippen molar-refractivity contribution < 1.29 is 14.3 Å². The number of amides is 1. The number of hydrazone groups is 1. The van der Waals surface area contributed by atoms with Crippen molar-refractivity contribution in [1.82, 2.24) is 5.43 Å². The lowest BCUT2D eigenvalue weighted by Crippen LogP contribution is -2.19. The number of benzene rings is 3. The van der Waals surface area contributed by atoms with Crippen molar-refractivity contribution in [2.75, 3.05) is 12.8 Å². The molecule has 0 aliphatic rings. The zero-order chi connectivity index (χ0) is 19.8. The van der Waals surface area contributed by atoms with Crippen molar-refractivity contribution in [3.63, 3.8) is 0 Å². The quantitative estimate of drug-likeness (QED) is 0.375. The van der Waals surface area contributed by atoms with Gasteiger partial charge < -0.3 is 15.2 Å². The molecule has 0 aromatic heterocycles. The first-order chi connectivity index (χ1) is 13.7. The highest BCUT2D eigenvalue weighted by Gasteiger charge is 2.08. The van der Waals surface area contributed by atoms with Crippen molar-refractivity contribution in [3.8, 4) is 11.5 Å². The zero-order valence-electron chi connectivity index (χ0n) is 15.5. The average molecular weight is 375 g/mol. The number of nitrogens with one attached hydrogen (secondary N) is 1. The third-order valence-electron chi connectivity index (χ3n) is 4.01. The third-order valence-corrected chi connectivity index (χ3v) is 4.01. The maximum atomic E-state index is 12.1. The lowest BCUT2D eigenvalue weighted by molar-refractivity contribution is 0.0956. The molecule has 3 aromatic rings. The minimum absolute atomic E-state index is 0.372. The van der Waals surface area contributed by atoms with Gasteiger partial charge in [0.2, 0.25) is 0 Å². The molecule has 0 radical (unpaired) electrons. The van der Waals surface area contributed by atoms with Gasteiger partial charge in [-0.3, -0.25) is 4.79 Å². The second-order valence-corrected chi connectivity index (χ2v) is 5.97. The first kappa shape index (κ1) is 19.0. The second-order valence-electron chi connectivity index (χ2n) is 5.97. The second kappa shape index (κ2) is 9.23. The van der Waals surface area contributed by atoms with Gasteiger partial charge in [-0.25, -0.2) is 5.43 Å². The van der Waals surface area contributed by atoms with Crippen LogP contribution in [0.1, 0.15) is 21.5 Å². The van der Waals surface area contributed by atoms with E-state index in [2.05, 4.69) is 10.5 Å². The summed E-state index contributed by atoms with van der Waals surface area (Å²) >= 11 is 0. The number of para-hydroxylation sites is 1. The van der Waals surface area contributed by atoms with E-state index in [9.17, 15) is 4.79 Å². The molecular weight excluding hydrogens is 354 g/mol. The van der Waals surface area contributed by atoms with Gasteiger partial charge in [-0.05, 0) is 41.5 Å². The number of hydrogen-bond donors (Lipinski definition) is 2. The van der Waals surface area contributed by atoms with E-state index in [-0.39, 0.29) is 5.91 Å². The maximum Gasteiger partial charge on any atom is 0.273 e. The number of nitrogen functional groups attached to an aromatic ring is 1. The maximum absolute atomic E-state index is 12.1. The Morgan fingerprint density at radius 2 is 1.79 bits per heavy atom. The highest BCUT2D eigenvalue weighted by Crippen LogP contribution is 2.28. The predicted molar refractivity (Wildman–Crippen MR) is 110 cm³/mol. The summed E-state index contributed by atoms with van der Waals surface area (Å²) in [5, 5.41) is 4.00. The van der Waals surface area contributed by atoms with Gasteiger partial charge in [-0.1, -0.05) is 42.5 Å². The van der Waals surface area contributed by atoms with E-state index in [0.29, 0.717) is 29.4 Å². The number of nitrogens with two attached hydrogens (primary N) is 1. The van der Waals surface area contributed by atoms with E-state index in [0.717, 1.165) is 11.1 Å². The van der Waals surface area contributed by atoms with E-state index in [1.54, 1.807) is 43.5 Å². The Balaban J connectivity index is 1.67. The van der Waals surface area contributed by atoms with Crippen LogP contribution in [0.15, 0.2) is 77.9 Å². The Labute approximate surface area is 163 Å². The number of nitrogens with zero attached hydrogens (tertiary/aromatic N) is 1. The van der Waals surface area contributed by atoms with E-state index in [1.807, 2.05) is 36.4 Å². The summed E-state index contributed by atoms with van der Waals surface area (Å²) in [4.78, 5) is 12.1. The fourth-order valence-electron chi connectivity index (χ4n) is 2.55. The van der Waals surface area contributed by atoms with Crippen LogP contribution in [0, 0.1) is 0 Å². The Hall–Kier alpha value is -3.80. The number of carbonyl (C=O) groups excluding carboxylic acids is 1. The molecule has 6 heteroatoms. The SMILES string of the molecule is COc1ccc(/C=N/NC(=O)c2ccccc2N)cc1OCc1ccccc1. The van der Waals surface area contributed by atoms with Gasteiger partial charge in [-0.15, -0.1) is 0 Å². The Kier molecular flexibility index (Phi) is 6.25. The van der Waals surface area contributed by atoms with Gasteiger partial charge in [0.15, 0.2) is 11.5 Å². The van der Waals surface area contributed by atoms with Crippen LogP contribution >= 0.6 is 0 Å². The molecule has 0 fully saturated rings. The van der Waals surface area contributed by atoms with Crippen LogP contribution < -0.4 is 20.6 Å². The summed E-state index contributed by atoms with van der Waals surface area (Å²) < 4.78 is 11.2. The van der Waals surface area contributed by atoms with E-state index in [4.69, 9.17) is 15.2 Å². The van der Waals surface area contributed by atoms with Crippen molar-refractivity contribution in [2.24, 2.45) is 5.10 Å². The van der Waals surface area contributed by atoms with Gasteiger partial charge in [0.1, 0.15) is 6.61 Å². The molecule has 3 aromatic carbocycles. The molecule has 0 spiro atoms. The number of ether oxygens (including phenoxy) is 2. The molecule has 1 amide bonds. The van der Waals surface area contributed by atoms with Gasteiger partial charge in [0, 0.05) is 5.69 Å². The van der Waals surface area contributed by atoms with Crippen LogP contribution in [0.2, 0.25) is 0 Å². The first-order valence-electron chi connectivity index (χ1n) is 8.70. The Bertz CT molecular complexity index is 972. The van der Waals surface area contributed by atoms with E-state index >= 15 is 0 Å². The summed E-state index contributed by atoms with van der Waals surface area (Å²) in [6.45, 7) is 0.418. The number of methoxy groups -OCH3 is 1. The molecule has 142 valence electrons. The third kappa shape index (κ3) is 4.88. The summed E-state index contributed by atoms with van der Waals surface area (Å²) in [6.07, 6.45) is 1.53. The van der Waals surface area contributed by atoms with Crippen LogP contribution in [-0.4, -0.2) is 19.2 Å². The molecule has 3 N–H and O–H groups in total. The number of anilines is 1. The molecule has 0 bridgehead atoms. The largest absolute Gasteiger partial charge is 0.493 e. The Morgan fingerprint density at radius 3 is 2.54 bits per heavy atom. The summed E-state index contributed by atoms with van der Waals surface area (Å²) in [6, 6.07) is 22.1. The highest BCUT2D eigenvalue weighted by molar-refractivity contribution is 5.99. The molecular formula is C22H21N3O3. The lowest BCUT2D eigenvalue weighted by Gasteiger charge is -2.11. The minimum Gasteiger partial charge on any atom is -0.493 e. The molecule has 0 heterocycles. The predicted octanol–water partition coefficient (Wildman–Crippen LogP) is 3.62. The minimum atomic E-state index is -0.372. The summed E-state index contributed by atoms with van der Waals surface area (Å²) in [5.74, 6) is 0.839. The molecule has 3 rings (SSSR count). The normalized spacial score (nSPS) is 10.6. The monoisotopic (exact) mass is 375 g/mol. The number of hydrogen-bond acceptors (Lipinski definition) is 5. The van der Waals surface area contributed by atoms with Gasteiger partial charge in [-0.2, -0.15) is 5.10 Å². The molecule has 28 heavy (non-hydrogen) atoms. The first-order valence-corrected chi connectivity index (χ1v) is 8.70. The fourth-order valence-corrected chi connectivity index (χ4v) is 2.55. The molecule has 6 nitrogen and oxygen atoms in total. The fraction of sp³-hybridized carbons (Fsp3) is 0.0909. The summed E-state index contributed by atoms with van der Waals surface area (Å²) in [5.41, 5.74) is 10.8. The molecule has 0 aliphatic carbocycles. The standard InChI is InChI=1S/C22H21N3O3/c1-27-20-12-11-17(13-21(20)28-15-16-7-3-2-4-8-16)14-24-25-22(26)18-9-5-6-10-19(18)23/h2-14H,15,23H2,1H3,(H,25,26)/b24-14+. The zero-order valence-corrected chi connectivity index (χ0v) is 15.5. The molecule has 0 saturated carbocycles. The number of carbonyl (C=O) groups is 1. The van der Waals surface area contributed by atoms with Gasteiger partial charge >= 0.3 is 0 Å². The van der Waals surface area contributed by atoms with E-state index in [1.165, 1.54) is 6.21 Å². The molecule has 0 saturated heterocycles. The van der Waals surface area contributed by atoms with Gasteiger partial charge in [0.05, 0.1) is 18.9 Å². The van der Waals surface area contributed by atoms with Crippen molar-refractivity contribution in [2.45, 2.75) is 6.61 Å². The topological polar surface area (TPSA) is 85.9 Å². The van der Waals surface area contributed by atoms with Crippen LogP contribution in [0.4, 0.5) is 5.69 Å². The average Bonchev–Trinajstić information content (AvgIpc) is 2.73. The van der Waals surface area contributed by atoms with Crippen molar-refractivity contribution in [3.05, 3.63) is 89.5 Å². The smallest absolute Gasteiger partial charge is 0.273 e. The van der Waals surface area contributed by atoms with Crippen LogP contribution in [-0.2, 0) is 6.61 Å². The van der Waals surface area contributed by atoms with Crippen LogP contribution in [0.25, 0.3) is 0 Å². The van der Waals surface area contributed by atoms with Crippen molar-refractivity contribution in [1.29, 1.82) is 0 Å². The molecule has 0 atom stereocenters. The van der Waals surface area contributed by atoms with Crippen LogP contribution in [0.3, 0.4) is 0 Å². The number of rotatable bonds is 7. The molecule has 0 unspecified atom stereocenters. The summed E-state index contributed by atoms with van der Waals surface area (Å²) in [7, 11) is 1.59. The van der Waals surface area contributed by atoms with E-state index < -0.39 is 0 Å². The molecule has 0 aliphatic heterocycles. The Morgan fingerprint density at radius 1 is 1.04 bits per heavy atom. The van der Waals surface area contributed by atoms with Gasteiger partial charge in [0.25, 0.3) is 5.91 Å². The van der Waals surface area contributed by atoms with Crippen molar-refractivity contribution >= 4 is 17.8 Å².